The minimum atomic E-state index is -0.972. The molecule has 2 aromatic rings. The Balaban J connectivity index is 1.55. The molecule has 0 unspecified atom stereocenters. The van der Waals surface area contributed by atoms with Crippen molar-refractivity contribution < 1.29 is 24.2 Å². The van der Waals surface area contributed by atoms with Crippen LogP contribution in [0.3, 0.4) is 0 Å². The summed E-state index contributed by atoms with van der Waals surface area (Å²) in [5.74, 6) is -1.23. The number of carboxylic acids is 1. The fourth-order valence-corrected chi connectivity index (χ4v) is 2.69. The maximum atomic E-state index is 12.0. The smallest absolute Gasteiger partial charge is 0.407 e. The quantitative estimate of drug-likeness (QED) is 0.417. The summed E-state index contributed by atoms with van der Waals surface area (Å²) in [6.45, 7) is 0.973. The minimum Gasteiger partial charge on any atom is -0.478 e. The Hall–Kier alpha value is -3.39. The molecule has 0 aromatic heterocycles. The summed E-state index contributed by atoms with van der Waals surface area (Å²) < 4.78 is 5.11. The maximum Gasteiger partial charge on any atom is 0.407 e. The fourth-order valence-electron chi connectivity index (χ4n) is 2.69. The molecule has 0 heterocycles. The number of carboxylic acid groups (broad SMARTS) is 1. The van der Waals surface area contributed by atoms with E-state index in [2.05, 4.69) is 10.6 Å². The van der Waals surface area contributed by atoms with Gasteiger partial charge in [0.2, 0.25) is 5.91 Å². The number of carbonyl (C=O) groups excluding carboxylic acids is 2. The summed E-state index contributed by atoms with van der Waals surface area (Å²) in [5, 5.41) is 14.3. The van der Waals surface area contributed by atoms with Crippen molar-refractivity contribution >= 4 is 18.0 Å². The van der Waals surface area contributed by atoms with E-state index in [1.54, 1.807) is 12.1 Å². The third-order valence-electron chi connectivity index (χ3n) is 4.42. The summed E-state index contributed by atoms with van der Waals surface area (Å²) in [5.41, 5.74) is 7.93. The number of benzene rings is 2. The molecule has 0 aliphatic carbocycles. The summed E-state index contributed by atoms with van der Waals surface area (Å²) >= 11 is 0. The molecule has 0 bridgehead atoms. The van der Waals surface area contributed by atoms with E-state index in [9.17, 15) is 14.4 Å². The number of rotatable bonds is 11. The number of amides is 2. The van der Waals surface area contributed by atoms with Gasteiger partial charge in [-0.2, -0.15) is 0 Å². The Labute approximate surface area is 175 Å². The Morgan fingerprint density at radius 2 is 1.63 bits per heavy atom. The summed E-state index contributed by atoms with van der Waals surface area (Å²) in [6, 6.07) is 15.2. The van der Waals surface area contributed by atoms with Gasteiger partial charge in [0.15, 0.2) is 0 Å². The molecule has 1 atom stereocenters. The van der Waals surface area contributed by atoms with Gasteiger partial charge in [0.05, 0.1) is 11.6 Å². The highest BCUT2D eigenvalue weighted by atomic mass is 16.5. The summed E-state index contributed by atoms with van der Waals surface area (Å²) in [4.78, 5) is 34.5. The van der Waals surface area contributed by atoms with Crippen molar-refractivity contribution in [3.05, 3.63) is 71.3 Å². The van der Waals surface area contributed by atoms with Gasteiger partial charge in [0.1, 0.15) is 6.61 Å². The molecule has 0 fully saturated rings. The molecule has 160 valence electrons. The van der Waals surface area contributed by atoms with Crippen molar-refractivity contribution in [3.63, 3.8) is 0 Å². The van der Waals surface area contributed by atoms with Crippen LogP contribution in [-0.2, 0) is 22.6 Å². The number of nitrogens with two attached hydrogens (primary N) is 1. The lowest BCUT2D eigenvalue weighted by Crippen LogP contribution is -2.41. The first-order chi connectivity index (χ1) is 14.5. The molecule has 2 amide bonds. The molecule has 0 spiro atoms. The first kappa shape index (κ1) is 22.9. The van der Waals surface area contributed by atoms with E-state index in [4.69, 9.17) is 15.6 Å². The lowest BCUT2D eigenvalue weighted by molar-refractivity contribution is -0.122. The van der Waals surface area contributed by atoms with E-state index < -0.39 is 18.1 Å². The molecule has 0 saturated carbocycles. The second-order valence-corrected chi connectivity index (χ2v) is 6.78. The standard InChI is InChI=1S/C22H27N3O5/c23-19(7-4-13-25-22(29)30-15-17-5-2-1-3-6-17)20(26)24-14-12-16-8-10-18(11-9-16)21(27)28/h1-3,5-6,8-11,19H,4,7,12-15,23H2,(H,24,26)(H,25,29)(H,27,28)/t19-/m0/s1. The topological polar surface area (TPSA) is 131 Å². The molecular weight excluding hydrogens is 386 g/mol. The zero-order valence-corrected chi connectivity index (χ0v) is 16.7. The van der Waals surface area contributed by atoms with Crippen LogP contribution < -0.4 is 16.4 Å². The largest absolute Gasteiger partial charge is 0.478 e. The number of aromatic carboxylic acids is 1. The van der Waals surface area contributed by atoms with Gasteiger partial charge in [-0.25, -0.2) is 9.59 Å². The van der Waals surface area contributed by atoms with Crippen molar-refractivity contribution in [3.8, 4) is 0 Å². The number of carbonyl (C=O) groups is 3. The van der Waals surface area contributed by atoms with Gasteiger partial charge in [0, 0.05) is 13.1 Å². The van der Waals surface area contributed by atoms with E-state index in [1.165, 1.54) is 12.1 Å². The van der Waals surface area contributed by atoms with Gasteiger partial charge in [-0.3, -0.25) is 4.79 Å². The number of nitrogens with one attached hydrogen (secondary N) is 2. The van der Waals surface area contributed by atoms with Gasteiger partial charge >= 0.3 is 12.1 Å². The molecule has 0 saturated heterocycles. The van der Waals surface area contributed by atoms with E-state index in [1.807, 2.05) is 30.3 Å². The summed E-state index contributed by atoms with van der Waals surface area (Å²) in [6.07, 6.45) is 1.04. The van der Waals surface area contributed by atoms with E-state index in [-0.39, 0.29) is 18.1 Å². The minimum absolute atomic E-state index is 0.202. The Morgan fingerprint density at radius 1 is 0.933 bits per heavy atom. The van der Waals surface area contributed by atoms with Crippen LogP contribution in [0.2, 0.25) is 0 Å². The Kier molecular flexibility index (Phi) is 9.33. The maximum absolute atomic E-state index is 12.0. The molecule has 30 heavy (non-hydrogen) atoms. The molecule has 2 rings (SSSR count). The van der Waals surface area contributed by atoms with Crippen LogP contribution >= 0.6 is 0 Å². The van der Waals surface area contributed by atoms with Crippen LogP contribution in [0.5, 0.6) is 0 Å². The number of hydrogen-bond acceptors (Lipinski definition) is 5. The lowest BCUT2D eigenvalue weighted by Gasteiger charge is -2.13. The van der Waals surface area contributed by atoms with E-state index in [0.717, 1.165) is 11.1 Å². The highest BCUT2D eigenvalue weighted by Crippen LogP contribution is 2.05. The monoisotopic (exact) mass is 413 g/mol. The van der Waals surface area contributed by atoms with E-state index in [0.29, 0.717) is 32.4 Å². The fraction of sp³-hybridized carbons (Fsp3) is 0.318. The van der Waals surface area contributed by atoms with E-state index >= 15 is 0 Å². The highest BCUT2D eigenvalue weighted by Gasteiger charge is 2.13. The third kappa shape index (κ3) is 8.32. The van der Waals surface area contributed by atoms with Crippen molar-refractivity contribution in [2.45, 2.75) is 31.9 Å². The Morgan fingerprint density at radius 3 is 2.30 bits per heavy atom. The van der Waals surface area contributed by atoms with Gasteiger partial charge < -0.3 is 26.2 Å². The van der Waals surface area contributed by atoms with Crippen LogP contribution in [0, 0.1) is 0 Å². The SMILES string of the molecule is N[C@@H](CCCNC(=O)OCc1ccccc1)C(=O)NCCc1ccc(C(=O)O)cc1. The second kappa shape index (κ2) is 12.2. The van der Waals surface area contributed by atoms with Gasteiger partial charge in [-0.05, 0) is 42.5 Å². The molecule has 0 radical (unpaired) electrons. The number of alkyl carbamates (subject to hydrolysis) is 1. The molecule has 8 nitrogen and oxygen atoms in total. The molecule has 2 aromatic carbocycles. The third-order valence-corrected chi connectivity index (χ3v) is 4.42. The predicted molar refractivity (Wildman–Crippen MR) is 112 cm³/mol. The first-order valence-electron chi connectivity index (χ1n) is 9.76. The van der Waals surface area contributed by atoms with Crippen LogP contribution in [0.4, 0.5) is 4.79 Å². The number of hydrogen-bond donors (Lipinski definition) is 4. The van der Waals surface area contributed by atoms with Gasteiger partial charge in [0.25, 0.3) is 0 Å². The molecule has 0 aliphatic heterocycles. The van der Waals surface area contributed by atoms with Crippen LogP contribution in [-0.4, -0.2) is 42.2 Å². The van der Waals surface area contributed by atoms with Crippen molar-refractivity contribution in [1.82, 2.24) is 10.6 Å². The average molecular weight is 413 g/mol. The lowest BCUT2D eigenvalue weighted by atomic mass is 10.1. The van der Waals surface area contributed by atoms with Gasteiger partial charge in [-0.1, -0.05) is 42.5 Å². The zero-order chi connectivity index (χ0) is 21.8. The molecular formula is C22H27N3O5. The van der Waals surface area contributed by atoms with Crippen LogP contribution in [0.1, 0.15) is 34.3 Å². The average Bonchev–Trinajstić information content (AvgIpc) is 2.76. The summed E-state index contributed by atoms with van der Waals surface area (Å²) in [7, 11) is 0. The molecule has 8 heteroatoms. The Bertz CT molecular complexity index is 824. The zero-order valence-electron chi connectivity index (χ0n) is 16.7. The van der Waals surface area contributed by atoms with Crippen molar-refractivity contribution in [1.29, 1.82) is 0 Å². The van der Waals surface area contributed by atoms with Gasteiger partial charge in [-0.15, -0.1) is 0 Å². The number of ether oxygens (including phenoxy) is 1. The van der Waals surface area contributed by atoms with Crippen molar-refractivity contribution in [2.24, 2.45) is 5.73 Å². The van der Waals surface area contributed by atoms with Crippen LogP contribution in [0.15, 0.2) is 54.6 Å². The highest BCUT2D eigenvalue weighted by molar-refractivity contribution is 5.87. The molecule has 5 N–H and O–H groups in total. The molecule has 0 aliphatic rings. The van der Waals surface area contributed by atoms with Crippen molar-refractivity contribution in [2.75, 3.05) is 13.1 Å². The van der Waals surface area contributed by atoms with Crippen LogP contribution in [0.25, 0.3) is 0 Å². The first-order valence-corrected chi connectivity index (χ1v) is 9.76. The predicted octanol–water partition coefficient (Wildman–Crippen LogP) is 2.08. The normalized spacial score (nSPS) is 11.4. The second-order valence-electron chi connectivity index (χ2n) is 6.78.